The lowest BCUT2D eigenvalue weighted by Crippen LogP contribution is -2.32. The zero-order chi connectivity index (χ0) is 16.9. The van der Waals surface area contributed by atoms with E-state index in [1.165, 1.54) is 12.1 Å². The minimum Gasteiger partial charge on any atom is -0.376 e. The number of nitrogens with zero attached hydrogens (tertiary/aromatic N) is 1. The standard InChI is InChI=1S/C16H15F3N2O2/c17-16(18,19)13-4-1-3-11(8-13)7-12(9-20)15(22)21-10-14-5-2-6-23-14/h1,3-4,7-8,14H,2,5-6,10H2,(H,21,22)/b12-7+/t14-/m0/s1. The molecule has 1 fully saturated rings. The number of alkyl halides is 3. The van der Waals surface area contributed by atoms with Crippen LogP contribution in [0, 0.1) is 11.3 Å². The molecular formula is C16H15F3N2O2. The van der Waals surface area contributed by atoms with Crippen LogP contribution in [0.3, 0.4) is 0 Å². The Morgan fingerprint density at radius 3 is 2.87 bits per heavy atom. The first-order valence-corrected chi connectivity index (χ1v) is 7.09. The van der Waals surface area contributed by atoms with Gasteiger partial charge in [-0.05, 0) is 36.6 Å². The Morgan fingerprint density at radius 1 is 1.48 bits per heavy atom. The SMILES string of the molecule is N#C/C(=C\c1cccc(C(F)(F)F)c1)C(=O)NC[C@@H]1CCCO1. The van der Waals surface area contributed by atoms with Gasteiger partial charge in [-0.3, -0.25) is 4.79 Å². The number of benzene rings is 1. The molecule has 7 heteroatoms. The Labute approximate surface area is 131 Å². The highest BCUT2D eigenvalue weighted by Crippen LogP contribution is 2.29. The molecule has 2 rings (SSSR count). The van der Waals surface area contributed by atoms with Crippen LogP contribution in [-0.2, 0) is 15.7 Å². The quantitative estimate of drug-likeness (QED) is 0.684. The van der Waals surface area contributed by atoms with Crippen molar-refractivity contribution in [1.82, 2.24) is 5.32 Å². The lowest BCUT2D eigenvalue weighted by molar-refractivity contribution is -0.137. The zero-order valence-corrected chi connectivity index (χ0v) is 12.2. The predicted molar refractivity (Wildman–Crippen MR) is 77.0 cm³/mol. The van der Waals surface area contributed by atoms with E-state index < -0.39 is 17.6 Å². The van der Waals surface area contributed by atoms with Crippen molar-refractivity contribution in [2.75, 3.05) is 13.2 Å². The lowest BCUT2D eigenvalue weighted by atomic mass is 10.1. The minimum absolute atomic E-state index is 0.0764. The second kappa shape index (κ2) is 7.29. The number of ether oxygens (including phenoxy) is 1. The Hall–Kier alpha value is -2.33. The number of halogens is 3. The fraction of sp³-hybridized carbons (Fsp3) is 0.375. The van der Waals surface area contributed by atoms with E-state index in [1.54, 1.807) is 6.07 Å². The van der Waals surface area contributed by atoms with Gasteiger partial charge in [0, 0.05) is 13.2 Å². The van der Waals surface area contributed by atoms with Crippen molar-refractivity contribution in [2.24, 2.45) is 0 Å². The molecule has 1 heterocycles. The number of hydrogen-bond donors (Lipinski definition) is 1. The van der Waals surface area contributed by atoms with Gasteiger partial charge in [-0.25, -0.2) is 0 Å². The van der Waals surface area contributed by atoms with Gasteiger partial charge in [0.25, 0.3) is 5.91 Å². The average Bonchev–Trinajstić information content (AvgIpc) is 3.03. The van der Waals surface area contributed by atoms with Crippen LogP contribution in [0.1, 0.15) is 24.0 Å². The molecule has 1 N–H and O–H groups in total. The van der Waals surface area contributed by atoms with Gasteiger partial charge < -0.3 is 10.1 Å². The van der Waals surface area contributed by atoms with Crippen molar-refractivity contribution in [3.05, 3.63) is 41.0 Å². The van der Waals surface area contributed by atoms with Crippen molar-refractivity contribution in [1.29, 1.82) is 5.26 Å². The molecule has 1 aromatic carbocycles. The maximum atomic E-state index is 12.7. The van der Waals surface area contributed by atoms with E-state index in [0.717, 1.165) is 31.1 Å². The van der Waals surface area contributed by atoms with Gasteiger partial charge in [0.2, 0.25) is 0 Å². The smallest absolute Gasteiger partial charge is 0.376 e. The van der Waals surface area contributed by atoms with Crippen LogP contribution >= 0.6 is 0 Å². The minimum atomic E-state index is -4.47. The molecule has 0 spiro atoms. The van der Waals surface area contributed by atoms with Crippen LogP contribution in [0.25, 0.3) is 6.08 Å². The molecule has 1 aromatic rings. The highest BCUT2D eigenvalue weighted by atomic mass is 19.4. The van der Waals surface area contributed by atoms with E-state index in [-0.39, 0.29) is 23.8 Å². The Balaban J connectivity index is 2.08. The second-order valence-corrected chi connectivity index (χ2v) is 5.14. The largest absolute Gasteiger partial charge is 0.416 e. The first kappa shape index (κ1) is 17.0. The van der Waals surface area contributed by atoms with Gasteiger partial charge in [0.15, 0.2) is 0 Å². The number of nitriles is 1. The third kappa shape index (κ3) is 4.83. The number of carbonyl (C=O) groups is 1. The van der Waals surface area contributed by atoms with Crippen molar-refractivity contribution in [3.8, 4) is 6.07 Å². The molecule has 0 saturated carbocycles. The van der Waals surface area contributed by atoms with Crippen LogP contribution in [0.15, 0.2) is 29.8 Å². The molecule has 1 aliphatic rings. The van der Waals surface area contributed by atoms with Crippen molar-refractivity contribution < 1.29 is 22.7 Å². The van der Waals surface area contributed by atoms with Crippen molar-refractivity contribution in [3.63, 3.8) is 0 Å². The van der Waals surface area contributed by atoms with E-state index in [1.807, 2.05) is 0 Å². The van der Waals surface area contributed by atoms with Crippen molar-refractivity contribution >= 4 is 12.0 Å². The molecule has 0 bridgehead atoms. The highest BCUT2D eigenvalue weighted by Gasteiger charge is 2.30. The van der Waals surface area contributed by atoms with Crippen LogP contribution in [0.4, 0.5) is 13.2 Å². The number of hydrogen-bond acceptors (Lipinski definition) is 3. The van der Waals surface area contributed by atoms with Crippen molar-refractivity contribution in [2.45, 2.75) is 25.1 Å². The molecule has 4 nitrogen and oxygen atoms in total. The molecule has 23 heavy (non-hydrogen) atoms. The normalized spacial score (nSPS) is 18.5. The van der Waals surface area contributed by atoms with E-state index in [2.05, 4.69) is 5.32 Å². The summed E-state index contributed by atoms with van der Waals surface area (Å²) in [7, 11) is 0. The lowest BCUT2D eigenvalue weighted by Gasteiger charge is -2.10. The average molecular weight is 324 g/mol. The third-order valence-corrected chi connectivity index (χ3v) is 3.40. The molecule has 0 aliphatic carbocycles. The highest BCUT2D eigenvalue weighted by molar-refractivity contribution is 6.01. The third-order valence-electron chi connectivity index (χ3n) is 3.40. The maximum Gasteiger partial charge on any atom is 0.416 e. The molecule has 0 unspecified atom stereocenters. The number of carbonyl (C=O) groups excluding carboxylic acids is 1. The summed E-state index contributed by atoms with van der Waals surface area (Å²) in [6.45, 7) is 0.923. The number of rotatable bonds is 4. The molecular weight excluding hydrogens is 309 g/mol. The number of nitrogens with one attached hydrogen (secondary N) is 1. The monoisotopic (exact) mass is 324 g/mol. The van der Waals surface area contributed by atoms with Gasteiger partial charge in [-0.15, -0.1) is 0 Å². The molecule has 0 radical (unpaired) electrons. The molecule has 122 valence electrons. The fourth-order valence-corrected chi connectivity index (χ4v) is 2.23. The van der Waals surface area contributed by atoms with E-state index >= 15 is 0 Å². The van der Waals surface area contributed by atoms with Crippen LogP contribution in [-0.4, -0.2) is 25.2 Å². The molecule has 1 aliphatic heterocycles. The summed E-state index contributed by atoms with van der Waals surface area (Å²) in [5.74, 6) is -0.625. The van der Waals surface area contributed by atoms with E-state index in [0.29, 0.717) is 6.61 Å². The van der Waals surface area contributed by atoms with Gasteiger partial charge in [0.1, 0.15) is 11.6 Å². The van der Waals surface area contributed by atoms with Crippen LogP contribution < -0.4 is 5.32 Å². The van der Waals surface area contributed by atoms with Gasteiger partial charge in [-0.2, -0.15) is 18.4 Å². The van der Waals surface area contributed by atoms with Crippen LogP contribution in [0.2, 0.25) is 0 Å². The summed E-state index contributed by atoms with van der Waals surface area (Å²) >= 11 is 0. The summed E-state index contributed by atoms with van der Waals surface area (Å²) in [5.41, 5.74) is -0.936. The topological polar surface area (TPSA) is 62.1 Å². The van der Waals surface area contributed by atoms with Crippen LogP contribution in [0.5, 0.6) is 0 Å². The Kier molecular flexibility index (Phi) is 5.40. The summed E-state index contributed by atoms with van der Waals surface area (Å²) in [5, 5.41) is 11.6. The molecule has 1 amide bonds. The van der Waals surface area contributed by atoms with Gasteiger partial charge in [-0.1, -0.05) is 12.1 Å². The molecule has 1 atom stereocenters. The fourth-order valence-electron chi connectivity index (χ4n) is 2.23. The summed E-state index contributed by atoms with van der Waals surface area (Å²) < 4.78 is 43.3. The van der Waals surface area contributed by atoms with Gasteiger partial charge >= 0.3 is 6.18 Å². The van der Waals surface area contributed by atoms with E-state index in [9.17, 15) is 18.0 Å². The summed E-state index contributed by atoms with van der Waals surface area (Å²) in [6, 6.07) is 6.17. The predicted octanol–water partition coefficient (Wildman–Crippen LogP) is 2.91. The maximum absolute atomic E-state index is 12.7. The summed E-state index contributed by atoms with van der Waals surface area (Å²) in [4.78, 5) is 11.9. The molecule has 1 saturated heterocycles. The first-order chi connectivity index (χ1) is 10.9. The molecule has 0 aromatic heterocycles. The second-order valence-electron chi connectivity index (χ2n) is 5.14. The first-order valence-electron chi connectivity index (χ1n) is 7.09. The Bertz CT molecular complexity index is 641. The number of amides is 1. The summed E-state index contributed by atoms with van der Waals surface area (Å²) in [6.07, 6.45) is -1.66. The van der Waals surface area contributed by atoms with E-state index in [4.69, 9.17) is 10.00 Å². The Morgan fingerprint density at radius 2 is 2.26 bits per heavy atom. The van der Waals surface area contributed by atoms with Gasteiger partial charge in [0.05, 0.1) is 11.7 Å². The zero-order valence-electron chi connectivity index (χ0n) is 12.2.